The van der Waals surface area contributed by atoms with Gasteiger partial charge in [-0.3, -0.25) is 0 Å². The van der Waals surface area contributed by atoms with Gasteiger partial charge in [-0.1, -0.05) is 36.7 Å². The SMILES string of the molecule is CCC(F)(F)c1cccc(CNc2nc(C)nc3nc(Cl)c(C4(C#N)CC4)cc23)c1F. The highest BCUT2D eigenvalue weighted by molar-refractivity contribution is 6.30. The van der Waals surface area contributed by atoms with Crippen molar-refractivity contribution in [3.8, 4) is 6.07 Å². The van der Waals surface area contributed by atoms with Gasteiger partial charge in [-0.05, 0) is 25.8 Å². The van der Waals surface area contributed by atoms with Crippen molar-refractivity contribution in [3.63, 3.8) is 0 Å². The van der Waals surface area contributed by atoms with Gasteiger partial charge in [-0.2, -0.15) is 5.26 Å². The van der Waals surface area contributed by atoms with Crippen molar-refractivity contribution in [2.75, 3.05) is 5.32 Å². The first-order valence-corrected chi connectivity index (χ1v) is 10.2. The van der Waals surface area contributed by atoms with Crippen molar-refractivity contribution in [1.82, 2.24) is 15.0 Å². The summed E-state index contributed by atoms with van der Waals surface area (Å²) in [5.41, 5.74) is -0.252. The maximum Gasteiger partial charge on any atom is 0.275 e. The summed E-state index contributed by atoms with van der Waals surface area (Å²) in [7, 11) is 0. The fourth-order valence-electron chi connectivity index (χ4n) is 3.55. The quantitative estimate of drug-likeness (QED) is 0.486. The Labute approximate surface area is 182 Å². The van der Waals surface area contributed by atoms with Gasteiger partial charge < -0.3 is 5.32 Å². The van der Waals surface area contributed by atoms with Gasteiger partial charge in [-0.15, -0.1) is 0 Å². The summed E-state index contributed by atoms with van der Waals surface area (Å²) in [6.45, 7) is 2.92. The number of fused-ring (bicyclic) bond motifs is 1. The van der Waals surface area contributed by atoms with E-state index in [1.165, 1.54) is 19.1 Å². The van der Waals surface area contributed by atoms with Crippen molar-refractivity contribution in [2.24, 2.45) is 0 Å². The van der Waals surface area contributed by atoms with Crippen molar-refractivity contribution in [2.45, 2.75) is 51.0 Å². The number of aryl methyl sites for hydroxylation is 1. The van der Waals surface area contributed by atoms with Crippen LogP contribution in [-0.2, 0) is 17.9 Å². The lowest BCUT2D eigenvalue weighted by Crippen LogP contribution is -2.16. The minimum absolute atomic E-state index is 0.0631. The number of hydrogen-bond donors (Lipinski definition) is 1. The minimum Gasteiger partial charge on any atom is -0.365 e. The Morgan fingerprint density at radius 1 is 1.26 bits per heavy atom. The van der Waals surface area contributed by atoms with Gasteiger partial charge in [0, 0.05) is 24.1 Å². The molecule has 9 heteroatoms. The number of benzene rings is 1. The molecule has 0 bridgehead atoms. The number of hydrogen-bond acceptors (Lipinski definition) is 5. The van der Waals surface area contributed by atoms with E-state index in [-0.39, 0.29) is 17.3 Å². The Bertz CT molecular complexity index is 1220. The van der Waals surface area contributed by atoms with E-state index in [2.05, 4.69) is 26.3 Å². The number of pyridine rings is 1. The number of nitrogens with zero attached hydrogens (tertiary/aromatic N) is 4. The molecule has 4 rings (SSSR count). The van der Waals surface area contributed by atoms with Gasteiger partial charge in [0.05, 0.1) is 22.4 Å². The van der Waals surface area contributed by atoms with Crippen LogP contribution in [0.1, 0.15) is 48.7 Å². The van der Waals surface area contributed by atoms with Crippen LogP contribution in [0.3, 0.4) is 0 Å². The van der Waals surface area contributed by atoms with E-state index in [0.29, 0.717) is 41.1 Å². The summed E-state index contributed by atoms with van der Waals surface area (Å²) < 4.78 is 42.9. The van der Waals surface area contributed by atoms with Crippen LogP contribution in [0, 0.1) is 24.1 Å². The molecule has 0 spiro atoms. The molecular formula is C22H19ClF3N5. The van der Waals surface area contributed by atoms with Crippen molar-refractivity contribution in [1.29, 1.82) is 5.26 Å². The van der Waals surface area contributed by atoms with E-state index in [0.717, 1.165) is 6.07 Å². The number of aromatic nitrogens is 3. The molecule has 5 nitrogen and oxygen atoms in total. The summed E-state index contributed by atoms with van der Waals surface area (Å²) in [5, 5.41) is 13.3. The normalized spacial score (nSPS) is 15.0. The predicted octanol–water partition coefficient (Wildman–Crippen LogP) is 5.79. The van der Waals surface area contributed by atoms with Crippen LogP contribution in [-0.4, -0.2) is 15.0 Å². The first-order chi connectivity index (χ1) is 14.7. The molecule has 3 aromatic rings. The van der Waals surface area contributed by atoms with Crippen LogP contribution >= 0.6 is 11.6 Å². The molecule has 31 heavy (non-hydrogen) atoms. The van der Waals surface area contributed by atoms with Crippen molar-refractivity contribution < 1.29 is 13.2 Å². The van der Waals surface area contributed by atoms with Crippen molar-refractivity contribution in [3.05, 3.63) is 57.8 Å². The summed E-state index contributed by atoms with van der Waals surface area (Å²) in [6.07, 6.45) is 0.886. The third kappa shape index (κ3) is 3.79. The zero-order chi connectivity index (χ0) is 22.4. The van der Waals surface area contributed by atoms with Crippen LogP contribution in [0.2, 0.25) is 5.15 Å². The van der Waals surface area contributed by atoms with Gasteiger partial charge in [0.1, 0.15) is 22.6 Å². The Hall–Kier alpha value is -2.92. The molecule has 2 aromatic heterocycles. The summed E-state index contributed by atoms with van der Waals surface area (Å²) >= 11 is 6.32. The number of rotatable bonds is 6. The van der Waals surface area contributed by atoms with E-state index in [1.807, 2.05) is 0 Å². The Morgan fingerprint density at radius 3 is 2.65 bits per heavy atom. The average Bonchev–Trinajstić information content (AvgIpc) is 3.53. The molecule has 0 amide bonds. The third-order valence-electron chi connectivity index (χ3n) is 5.59. The summed E-state index contributed by atoms with van der Waals surface area (Å²) in [6, 6.07) is 7.98. The Kier molecular flexibility index (Phi) is 5.26. The molecule has 2 heterocycles. The second-order valence-corrected chi connectivity index (χ2v) is 8.06. The first-order valence-electron chi connectivity index (χ1n) is 9.87. The zero-order valence-corrected chi connectivity index (χ0v) is 17.7. The summed E-state index contributed by atoms with van der Waals surface area (Å²) in [4.78, 5) is 13.0. The Morgan fingerprint density at radius 2 is 2.00 bits per heavy atom. The molecule has 160 valence electrons. The standard InChI is InChI=1S/C22H19ClF3N5/c1-3-22(25,26)15-6-4-5-13(17(15)24)10-28-19-14-9-16(21(11-27)7-8-21)18(23)31-20(14)30-12(2)29-19/h4-6,9H,3,7-8,10H2,1-2H3,(H,28,29,30,31). The number of alkyl halides is 2. The molecular weight excluding hydrogens is 427 g/mol. The number of nitrogens with one attached hydrogen (secondary N) is 1. The lowest BCUT2D eigenvalue weighted by Gasteiger charge is -2.17. The fourth-order valence-corrected chi connectivity index (χ4v) is 3.86. The second-order valence-electron chi connectivity index (χ2n) is 7.70. The Balaban J connectivity index is 1.72. The van der Waals surface area contributed by atoms with E-state index >= 15 is 0 Å². The number of nitriles is 1. The smallest absolute Gasteiger partial charge is 0.275 e. The monoisotopic (exact) mass is 445 g/mol. The van der Waals surface area contributed by atoms with Gasteiger partial charge >= 0.3 is 0 Å². The molecule has 1 aliphatic carbocycles. The largest absolute Gasteiger partial charge is 0.365 e. The maximum atomic E-state index is 14.8. The molecule has 1 aromatic carbocycles. The molecule has 0 aliphatic heterocycles. The van der Waals surface area contributed by atoms with E-state index in [4.69, 9.17) is 11.6 Å². The van der Waals surface area contributed by atoms with Crippen LogP contribution in [0.25, 0.3) is 11.0 Å². The van der Waals surface area contributed by atoms with Gasteiger partial charge in [-0.25, -0.2) is 28.1 Å². The molecule has 1 N–H and O–H groups in total. The highest BCUT2D eigenvalue weighted by Crippen LogP contribution is 2.50. The topological polar surface area (TPSA) is 74.5 Å². The molecule has 0 saturated heterocycles. The van der Waals surface area contributed by atoms with Crippen molar-refractivity contribution >= 4 is 28.5 Å². The second kappa shape index (κ2) is 7.65. The molecule has 1 fully saturated rings. The van der Waals surface area contributed by atoms with Crippen LogP contribution in [0.4, 0.5) is 19.0 Å². The molecule has 0 atom stereocenters. The average molecular weight is 446 g/mol. The lowest BCUT2D eigenvalue weighted by molar-refractivity contribution is -0.0118. The maximum absolute atomic E-state index is 14.8. The van der Waals surface area contributed by atoms with Gasteiger partial charge in [0.25, 0.3) is 5.92 Å². The number of halogens is 4. The first kappa shape index (κ1) is 21.3. The van der Waals surface area contributed by atoms with E-state index in [9.17, 15) is 18.4 Å². The highest BCUT2D eigenvalue weighted by Gasteiger charge is 2.47. The molecule has 1 saturated carbocycles. The lowest BCUT2D eigenvalue weighted by atomic mass is 9.98. The third-order valence-corrected chi connectivity index (χ3v) is 5.88. The van der Waals surface area contributed by atoms with Crippen LogP contribution in [0.5, 0.6) is 0 Å². The molecule has 0 unspecified atom stereocenters. The van der Waals surface area contributed by atoms with Gasteiger partial charge in [0.2, 0.25) is 0 Å². The van der Waals surface area contributed by atoms with E-state index in [1.54, 1.807) is 13.0 Å². The minimum atomic E-state index is -3.25. The van der Waals surface area contributed by atoms with E-state index < -0.39 is 29.1 Å². The van der Waals surface area contributed by atoms with Gasteiger partial charge in [0.15, 0.2) is 5.65 Å². The summed E-state index contributed by atoms with van der Waals surface area (Å²) in [5.74, 6) is -3.41. The highest BCUT2D eigenvalue weighted by atomic mass is 35.5. The molecule has 1 aliphatic rings. The molecule has 0 radical (unpaired) electrons. The zero-order valence-electron chi connectivity index (χ0n) is 16.9. The fraction of sp³-hybridized carbons (Fsp3) is 0.364. The predicted molar refractivity (Wildman–Crippen MR) is 112 cm³/mol. The number of anilines is 1. The van der Waals surface area contributed by atoms with Crippen LogP contribution in [0.15, 0.2) is 24.3 Å². The van der Waals surface area contributed by atoms with Crippen LogP contribution < -0.4 is 5.32 Å².